The molecule has 2 aromatic heterocycles. The summed E-state index contributed by atoms with van der Waals surface area (Å²) in [4.78, 5) is 7.87. The van der Waals surface area contributed by atoms with Crippen LogP contribution < -0.4 is 5.32 Å². The third kappa shape index (κ3) is 3.17. The van der Waals surface area contributed by atoms with Gasteiger partial charge in [-0.25, -0.2) is 4.98 Å². The van der Waals surface area contributed by atoms with E-state index in [-0.39, 0.29) is 0 Å². The minimum atomic E-state index is 0.683. The van der Waals surface area contributed by atoms with Crippen molar-refractivity contribution >= 4 is 11.3 Å². The van der Waals surface area contributed by atoms with Crippen LogP contribution in [0.25, 0.3) is 11.4 Å². The molecule has 2 N–H and O–H groups in total. The number of hydrogen-bond donors (Lipinski definition) is 2. The van der Waals surface area contributed by atoms with Crippen molar-refractivity contribution in [1.82, 2.24) is 15.3 Å². The lowest BCUT2D eigenvalue weighted by atomic mass is 10.0. The van der Waals surface area contributed by atoms with E-state index >= 15 is 0 Å². The second-order valence-corrected chi connectivity index (χ2v) is 5.19. The molecule has 17 heavy (non-hydrogen) atoms. The number of nitrogens with zero attached hydrogens (tertiary/aromatic N) is 1. The molecule has 0 radical (unpaired) electrons. The second-order valence-electron chi connectivity index (χ2n) is 4.25. The normalized spacial score (nSPS) is 12.8. The zero-order chi connectivity index (χ0) is 12.1. The van der Waals surface area contributed by atoms with E-state index in [1.807, 2.05) is 19.3 Å². The lowest BCUT2D eigenvalue weighted by Gasteiger charge is -2.11. The number of thiazole rings is 1. The first-order valence-electron chi connectivity index (χ1n) is 6.06. The molecule has 0 amide bonds. The fourth-order valence-corrected chi connectivity index (χ4v) is 2.82. The summed E-state index contributed by atoms with van der Waals surface area (Å²) in [5, 5.41) is 6.61. The molecule has 0 aliphatic heterocycles. The van der Waals surface area contributed by atoms with Gasteiger partial charge in [0, 0.05) is 18.0 Å². The summed E-state index contributed by atoms with van der Waals surface area (Å²) in [6.45, 7) is 3.30. The topological polar surface area (TPSA) is 40.7 Å². The summed E-state index contributed by atoms with van der Waals surface area (Å²) in [7, 11) is 2.01. The van der Waals surface area contributed by atoms with Crippen molar-refractivity contribution in [3.05, 3.63) is 28.7 Å². The maximum Gasteiger partial charge on any atom is 0.0976 e. The largest absolute Gasteiger partial charge is 0.360 e. The summed E-state index contributed by atoms with van der Waals surface area (Å²) in [5.74, 6) is 0.683. The molecule has 4 heteroatoms. The van der Waals surface area contributed by atoms with Gasteiger partial charge in [-0.1, -0.05) is 13.3 Å². The van der Waals surface area contributed by atoms with Gasteiger partial charge in [0.15, 0.2) is 0 Å². The van der Waals surface area contributed by atoms with Crippen molar-refractivity contribution < 1.29 is 0 Å². The van der Waals surface area contributed by atoms with Gasteiger partial charge in [-0.3, -0.25) is 0 Å². The third-order valence-corrected chi connectivity index (χ3v) is 3.83. The highest BCUT2D eigenvalue weighted by Crippen LogP contribution is 2.22. The van der Waals surface area contributed by atoms with E-state index in [4.69, 9.17) is 0 Å². The van der Waals surface area contributed by atoms with E-state index in [1.54, 1.807) is 11.3 Å². The van der Waals surface area contributed by atoms with E-state index in [0.717, 1.165) is 24.4 Å². The van der Waals surface area contributed by atoms with Crippen molar-refractivity contribution in [3.8, 4) is 11.4 Å². The summed E-state index contributed by atoms with van der Waals surface area (Å²) < 4.78 is 0. The van der Waals surface area contributed by atoms with Crippen LogP contribution in [0.3, 0.4) is 0 Å². The Morgan fingerprint density at radius 1 is 1.53 bits per heavy atom. The van der Waals surface area contributed by atoms with Gasteiger partial charge in [0.25, 0.3) is 0 Å². The predicted octanol–water partition coefficient (Wildman–Crippen LogP) is 2.93. The fraction of sp³-hybridized carbons (Fsp3) is 0.462. The Morgan fingerprint density at radius 3 is 3.06 bits per heavy atom. The average molecular weight is 249 g/mol. The lowest BCUT2D eigenvalue weighted by molar-refractivity contribution is 0.480. The molecule has 2 rings (SSSR count). The number of rotatable bonds is 6. The third-order valence-electron chi connectivity index (χ3n) is 2.96. The lowest BCUT2D eigenvalue weighted by Crippen LogP contribution is -2.19. The molecule has 0 bridgehead atoms. The van der Waals surface area contributed by atoms with Crippen LogP contribution in [0.2, 0.25) is 0 Å². The number of nitrogens with one attached hydrogen (secondary N) is 2. The number of hydrogen-bond acceptors (Lipinski definition) is 3. The van der Waals surface area contributed by atoms with Gasteiger partial charge < -0.3 is 10.3 Å². The summed E-state index contributed by atoms with van der Waals surface area (Å²) >= 11 is 1.76. The summed E-state index contributed by atoms with van der Waals surface area (Å²) in [5.41, 5.74) is 2.17. The van der Waals surface area contributed by atoms with Crippen molar-refractivity contribution in [2.24, 2.45) is 5.92 Å². The number of H-pyrrole nitrogens is 1. The molecule has 92 valence electrons. The van der Waals surface area contributed by atoms with Gasteiger partial charge in [0.05, 0.1) is 16.4 Å². The Balaban J connectivity index is 2.03. The number of aromatic amines is 1. The zero-order valence-electron chi connectivity index (χ0n) is 10.4. The Kier molecular flexibility index (Phi) is 4.34. The van der Waals surface area contributed by atoms with E-state index < -0.39 is 0 Å². The van der Waals surface area contributed by atoms with Gasteiger partial charge in [-0.05, 0) is 31.6 Å². The highest BCUT2D eigenvalue weighted by molar-refractivity contribution is 7.09. The van der Waals surface area contributed by atoms with Crippen LogP contribution in [0.15, 0.2) is 23.7 Å². The molecular formula is C13H19N3S. The van der Waals surface area contributed by atoms with E-state index in [9.17, 15) is 0 Å². The second kappa shape index (κ2) is 5.98. The molecule has 1 unspecified atom stereocenters. The van der Waals surface area contributed by atoms with Crippen LogP contribution in [0.4, 0.5) is 0 Å². The Morgan fingerprint density at radius 2 is 2.41 bits per heavy atom. The maximum absolute atomic E-state index is 4.68. The summed E-state index contributed by atoms with van der Waals surface area (Å²) in [6, 6.07) is 4.06. The molecule has 0 aromatic carbocycles. The molecule has 0 fully saturated rings. The molecule has 2 heterocycles. The first-order chi connectivity index (χ1) is 8.33. The smallest absolute Gasteiger partial charge is 0.0976 e. The molecule has 2 aromatic rings. The van der Waals surface area contributed by atoms with Gasteiger partial charge >= 0.3 is 0 Å². The van der Waals surface area contributed by atoms with Gasteiger partial charge in [-0.15, -0.1) is 11.3 Å². The monoisotopic (exact) mass is 249 g/mol. The van der Waals surface area contributed by atoms with Gasteiger partial charge in [-0.2, -0.15) is 0 Å². The highest BCUT2D eigenvalue weighted by atomic mass is 32.1. The zero-order valence-corrected chi connectivity index (χ0v) is 11.2. The first kappa shape index (κ1) is 12.3. The molecule has 0 saturated heterocycles. The van der Waals surface area contributed by atoms with Crippen molar-refractivity contribution in [2.45, 2.75) is 19.8 Å². The maximum atomic E-state index is 4.68. The van der Waals surface area contributed by atoms with Crippen LogP contribution in [0.1, 0.15) is 18.4 Å². The predicted molar refractivity (Wildman–Crippen MR) is 73.3 cm³/mol. The fourth-order valence-electron chi connectivity index (χ4n) is 1.91. The molecule has 0 aliphatic carbocycles. The SMILES string of the molecule is CCC(CNC)Cc1nc(-c2ccc[nH]2)cs1. The van der Waals surface area contributed by atoms with Crippen LogP contribution in [0.5, 0.6) is 0 Å². The standard InChI is InChI=1S/C13H19N3S/c1-3-10(8-14-2)7-13-16-12(9-17-13)11-5-4-6-15-11/h4-6,9-10,14-15H,3,7-8H2,1-2H3. The van der Waals surface area contributed by atoms with E-state index in [1.165, 1.54) is 11.4 Å². The summed E-state index contributed by atoms with van der Waals surface area (Å²) in [6.07, 6.45) is 4.20. The molecule has 0 spiro atoms. The minimum Gasteiger partial charge on any atom is -0.360 e. The van der Waals surface area contributed by atoms with Gasteiger partial charge in [0.1, 0.15) is 0 Å². The minimum absolute atomic E-state index is 0.683. The van der Waals surface area contributed by atoms with Crippen molar-refractivity contribution in [3.63, 3.8) is 0 Å². The van der Waals surface area contributed by atoms with Crippen molar-refractivity contribution in [2.75, 3.05) is 13.6 Å². The Bertz CT molecular complexity index is 433. The highest BCUT2D eigenvalue weighted by Gasteiger charge is 2.10. The van der Waals surface area contributed by atoms with E-state index in [0.29, 0.717) is 5.92 Å². The van der Waals surface area contributed by atoms with E-state index in [2.05, 4.69) is 33.7 Å². The molecule has 0 aliphatic rings. The van der Waals surface area contributed by atoms with Crippen LogP contribution in [-0.4, -0.2) is 23.6 Å². The molecule has 3 nitrogen and oxygen atoms in total. The Hall–Kier alpha value is -1.13. The first-order valence-corrected chi connectivity index (χ1v) is 6.94. The molecule has 0 saturated carbocycles. The van der Waals surface area contributed by atoms with Crippen molar-refractivity contribution in [1.29, 1.82) is 0 Å². The average Bonchev–Trinajstić information content (AvgIpc) is 2.98. The number of aromatic nitrogens is 2. The van der Waals surface area contributed by atoms with Crippen LogP contribution in [-0.2, 0) is 6.42 Å². The quantitative estimate of drug-likeness (QED) is 0.826. The molecular weight excluding hydrogens is 230 g/mol. The van der Waals surface area contributed by atoms with Crippen LogP contribution in [0, 0.1) is 5.92 Å². The molecule has 1 atom stereocenters. The van der Waals surface area contributed by atoms with Gasteiger partial charge in [0.2, 0.25) is 0 Å². The van der Waals surface area contributed by atoms with Crippen LogP contribution >= 0.6 is 11.3 Å². The Labute approximate surface area is 106 Å².